The van der Waals surface area contributed by atoms with Crippen LogP contribution in [0.3, 0.4) is 0 Å². The number of rotatable bonds is 3. The molecule has 2 nitrogen and oxygen atoms in total. The molecule has 1 radical (unpaired) electrons. The fraction of sp³-hybridized carbons (Fsp3) is 0.375. The van der Waals surface area contributed by atoms with Crippen molar-refractivity contribution in [2.75, 3.05) is 0 Å². The van der Waals surface area contributed by atoms with E-state index in [1.54, 1.807) is 6.07 Å². The van der Waals surface area contributed by atoms with Gasteiger partial charge in [-0.1, -0.05) is 6.92 Å². The van der Waals surface area contributed by atoms with Gasteiger partial charge >= 0.3 is 0 Å². The van der Waals surface area contributed by atoms with E-state index in [9.17, 15) is 5.11 Å². The molecule has 11 heavy (non-hydrogen) atoms. The summed E-state index contributed by atoms with van der Waals surface area (Å²) in [5.74, 6) is 0. The normalized spacial score (nSPS) is 13.4. The van der Waals surface area contributed by atoms with E-state index < -0.39 is 6.10 Å². The van der Waals surface area contributed by atoms with E-state index in [4.69, 9.17) is 5.11 Å². The minimum atomic E-state index is -0.437. The van der Waals surface area contributed by atoms with Gasteiger partial charge in [0.15, 0.2) is 0 Å². The third-order valence-corrected chi connectivity index (χ3v) is 2.59. The van der Waals surface area contributed by atoms with E-state index in [1.165, 1.54) is 11.3 Å². The molecule has 3 heteroatoms. The van der Waals surface area contributed by atoms with Crippen LogP contribution in [0.4, 0.5) is 0 Å². The van der Waals surface area contributed by atoms with Gasteiger partial charge in [-0.25, -0.2) is 0 Å². The van der Waals surface area contributed by atoms with Gasteiger partial charge < -0.3 is 10.2 Å². The van der Waals surface area contributed by atoms with Crippen LogP contribution >= 0.6 is 11.3 Å². The molecule has 1 heterocycles. The lowest BCUT2D eigenvalue weighted by atomic mass is 10.1. The van der Waals surface area contributed by atoms with Gasteiger partial charge in [0.2, 0.25) is 0 Å². The number of thiophene rings is 1. The zero-order valence-corrected chi connectivity index (χ0v) is 7.14. The Morgan fingerprint density at radius 2 is 2.45 bits per heavy atom. The molecule has 61 valence electrons. The minimum Gasteiger partial charge on any atom is -0.388 e. The van der Waals surface area contributed by atoms with E-state index in [2.05, 4.69) is 0 Å². The van der Waals surface area contributed by atoms with E-state index in [1.807, 2.05) is 12.3 Å². The number of hydrogen-bond donors (Lipinski definition) is 2. The smallest absolute Gasteiger partial charge is 0.110 e. The summed E-state index contributed by atoms with van der Waals surface area (Å²) in [5, 5.41) is 20.0. The zero-order valence-electron chi connectivity index (χ0n) is 6.32. The molecule has 0 amide bonds. The van der Waals surface area contributed by atoms with Crippen LogP contribution in [0.2, 0.25) is 0 Å². The second-order valence-corrected chi connectivity index (χ2v) is 3.24. The van der Waals surface area contributed by atoms with E-state index in [0.717, 1.165) is 17.0 Å². The summed E-state index contributed by atoms with van der Waals surface area (Å²) in [6.45, 7) is 2.94. The molecule has 2 N–H and O–H groups in total. The highest BCUT2D eigenvalue weighted by molar-refractivity contribution is 7.10. The highest BCUT2D eigenvalue weighted by atomic mass is 32.1. The number of aliphatic hydroxyl groups is 2. The molecule has 0 fully saturated rings. The zero-order chi connectivity index (χ0) is 8.27. The topological polar surface area (TPSA) is 40.5 Å². The monoisotopic (exact) mass is 171 g/mol. The van der Waals surface area contributed by atoms with Crippen LogP contribution in [0.5, 0.6) is 0 Å². The number of hydrogen-bond acceptors (Lipinski definition) is 3. The highest BCUT2D eigenvalue weighted by Gasteiger charge is 2.10. The Bertz CT molecular complexity index is 220. The van der Waals surface area contributed by atoms with Gasteiger partial charge in [-0.3, -0.25) is 0 Å². The quantitative estimate of drug-likeness (QED) is 0.731. The molecule has 0 spiro atoms. The first kappa shape index (κ1) is 8.71. The Labute approximate surface area is 70.1 Å². The second kappa shape index (κ2) is 3.85. The molecule has 1 unspecified atom stereocenters. The molecule has 0 saturated carbocycles. The SMILES string of the molecule is CCC(O)c1sccc1[CH]O. The van der Waals surface area contributed by atoms with Crippen molar-refractivity contribution in [2.45, 2.75) is 19.4 Å². The van der Waals surface area contributed by atoms with Crippen molar-refractivity contribution in [3.05, 3.63) is 28.5 Å². The van der Waals surface area contributed by atoms with Crippen LogP contribution in [0.1, 0.15) is 29.9 Å². The van der Waals surface area contributed by atoms with Gasteiger partial charge in [-0.05, 0) is 23.4 Å². The van der Waals surface area contributed by atoms with Crippen molar-refractivity contribution in [2.24, 2.45) is 0 Å². The standard InChI is InChI=1S/C8H11O2S/c1-2-7(10)8-6(5-9)3-4-11-8/h3-5,7,9-10H,2H2,1H3. The maximum Gasteiger partial charge on any atom is 0.110 e. The summed E-state index contributed by atoms with van der Waals surface area (Å²) in [4.78, 5) is 0.843. The molecule has 0 bridgehead atoms. The van der Waals surface area contributed by atoms with E-state index in [-0.39, 0.29) is 0 Å². The molecule has 0 aliphatic rings. The molecule has 0 saturated heterocycles. The third-order valence-electron chi connectivity index (χ3n) is 1.56. The Balaban J connectivity index is 2.83. The largest absolute Gasteiger partial charge is 0.388 e. The second-order valence-electron chi connectivity index (χ2n) is 2.29. The fourth-order valence-electron chi connectivity index (χ4n) is 0.894. The molecule has 1 rings (SSSR count). The Hall–Kier alpha value is -0.380. The summed E-state index contributed by atoms with van der Waals surface area (Å²) < 4.78 is 0. The molecule has 1 aromatic rings. The molecule has 1 atom stereocenters. The average Bonchev–Trinajstić information content (AvgIpc) is 2.50. The maximum atomic E-state index is 9.41. The summed E-state index contributed by atoms with van der Waals surface area (Å²) in [7, 11) is 0. The van der Waals surface area contributed by atoms with Gasteiger partial charge in [-0.15, -0.1) is 11.3 Å². The van der Waals surface area contributed by atoms with Gasteiger partial charge in [0.1, 0.15) is 6.61 Å². The first-order valence-electron chi connectivity index (χ1n) is 3.52. The highest BCUT2D eigenvalue weighted by Crippen LogP contribution is 2.26. The third kappa shape index (κ3) is 1.80. The van der Waals surface area contributed by atoms with E-state index in [0.29, 0.717) is 6.42 Å². The van der Waals surface area contributed by atoms with Crippen molar-refractivity contribution in [1.82, 2.24) is 0 Å². The molecular weight excluding hydrogens is 160 g/mol. The average molecular weight is 171 g/mol. The van der Waals surface area contributed by atoms with Crippen LogP contribution in [0.25, 0.3) is 0 Å². The van der Waals surface area contributed by atoms with Crippen LogP contribution in [0.15, 0.2) is 11.4 Å². The Morgan fingerprint density at radius 3 is 3.00 bits per heavy atom. The predicted octanol–water partition coefficient (Wildman–Crippen LogP) is 2.07. The van der Waals surface area contributed by atoms with Crippen LogP contribution < -0.4 is 0 Å². The van der Waals surface area contributed by atoms with E-state index >= 15 is 0 Å². The van der Waals surface area contributed by atoms with Crippen molar-refractivity contribution >= 4 is 11.3 Å². The maximum absolute atomic E-state index is 9.41. The lowest BCUT2D eigenvalue weighted by molar-refractivity contribution is 0.176. The summed E-state index contributed by atoms with van der Waals surface area (Å²) in [5.41, 5.74) is 0.726. The summed E-state index contributed by atoms with van der Waals surface area (Å²) in [6, 6.07) is 1.79. The Kier molecular flexibility index (Phi) is 3.05. The lowest BCUT2D eigenvalue weighted by Crippen LogP contribution is -1.94. The van der Waals surface area contributed by atoms with Crippen LogP contribution in [-0.2, 0) is 0 Å². The fourth-order valence-corrected chi connectivity index (χ4v) is 1.84. The molecule has 0 aromatic carbocycles. The van der Waals surface area contributed by atoms with Crippen molar-refractivity contribution in [1.29, 1.82) is 0 Å². The van der Waals surface area contributed by atoms with Crippen molar-refractivity contribution in [3.8, 4) is 0 Å². The Morgan fingerprint density at radius 1 is 1.73 bits per heavy atom. The van der Waals surface area contributed by atoms with Crippen molar-refractivity contribution in [3.63, 3.8) is 0 Å². The van der Waals surface area contributed by atoms with Crippen LogP contribution in [-0.4, -0.2) is 10.2 Å². The van der Waals surface area contributed by atoms with Gasteiger partial charge in [0, 0.05) is 4.88 Å². The first-order chi connectivity index (χ1) is 5.29. The van der Waals surface area contributed by atoms with Gasteiger partial charge in [-0.2, -0.15) is 0 Å². The van der Waals surface area contributed by atoms with Crippen LogP contribution in [0, 0.1) is 6.61 Å². The first-order valence-corrected chi connectivity index (χ1v) is 4.40. The summed E-state index contributed by atoms with van der Waals surface area (Å²) in [6.07, 6.45) is 0.245. The van der Waals surface area contributed by atoms with Crippen molar-refractivity contribution < 1.29 is 10.2 Å². The predicted molar refractivity (Wildman–Crippen MR) is 44.9 cm³/mol. The van der Waals surface area contributed by atoms with Gasteiger partial charge in [0.05, 0.1) is 6.10 Å². The van der Waals surface area contributed by atoms with Gasteiger partial charge in [0.25, 0.3) is 0 Å². The lowest BCUT2D eigenvalue weighted by Gasteiger charge is -2.05. The molecular formula is C8H11O2S. The molecule has 0 aliphatic heterocycles. The molecule has 0 aliphatic carbocycles. The number of aliphatic hydroxyl groups excluding tert-OH is 2. The minimum absolute atomic E-state index is 0.437. The molecule has 1 aromatic heterocycles. The summed E-state index contributed by atoms with van der Waals surface area (Å²) >= 11 is 1.47.